The lowest BCUT2D eigenvalue weighted by Gasteiger charge is -2.39. The van der Waals surface area contributed by atoms with E-state index in [0.29, 0.717) is 9.80 Å². The summed E-state index contributed by atoms with van der Waals surface area (Å²) in [5.41, 5.74) is -2.40. The molecule has 3 heterocycles. The number of hydrogen-bond donors (Lipinski definition) is 1. The van der Waals surface area contributed by atoms with Gasteiger partial charge in [0.25, 0.3) is 5.91 Å². The molecule has 6 amide bonds. The van der Waals surface area contributed by atoms with Gasteiger partial charge in [0.05, 0.1) is 6.42 Å². The van der Waals surface area contributed by atoms with Gasteiger partial charge in [-0.3, -0.25) is 34.0 Å². The van der Waals surface area contributed by atoms with Gasteiger partial charge in [-0.05, 0) is 0 Å². The van der Waals surface area contributed by atoms with E-state index in [0.717, 1.165) is 0 Å². The van der Waals surface area contributed by atoms with Crippen molar-refractivity contribution in [1.29, 1.82) is 0 Å². The van der Waals surface area contributed by atoms with Crippen molar-refractivity contribution >= 4 is 35.4 Å². The second-order valence-electron chi connectivity index (χ2n) is 5.25. The molecule has 3 aliphatic rings. The molecule has 0 spiro atoms. The lowest BCUT2D eigenvalue weighted by Crippen LogP contribution is -2.67. The molecular weight excluding hydrogens is 298 g/mol. The van der Waals surface area contributed by atoms with Gasteiger partial charge >= 0.3 is 5.91 Å². The summed E-state index contributed by atoms with van der Waals surface area (Å²) in [5.74, 6) is -5.51. The number of carbonyl (C=O) groups is 6. The average molecular weight is 309 g/mol. The van der Waals surface area contributed by atoms with Crippen LogP contribution in [0.3, 0.4) is 0 Å². The van der Waals surface area contributed by atoms with Crippen LogP contribution in [0.1, 0.15) is 32.1 Å². The second-order valence-corrected chi connectivity index (χ2v) is 5.25. The molecule has 3 rings (SSSR count). The number of hydroxylamine groups is 2. The quantitative estimate of drug-likeness (QED) is 0.466. The summed E-state index contributed by atoms with van der Waals surface area (Å²) in [7, 11) is 0. The Balaban J connectivity index is 2.19. The van der Waals surface area contributed by atoms with E-state index in [-0.39, 0.29) is 30.7 Å². The fraction of sp³-hybridized carbons (Fsp3) is 0.500. The largest absolute Gasteiger partial charge is 0.301 e. The number of amides is 6. The van der Waals surface area contributed by atoms with Crippen LogP contribution in [-0.2, 0) is 28.8 Å². The number of imide groups is 3. The molecule has 0 atom stereocenters. The van der Waals surface area contributed by atoms with E-state index < -0.39 is 47.5 Å². The van der Waals surface area contributed by atoms with Gasteiger partial charge in [0.15, 0.2) is 0 Å². The minimum Gasteiger partial charge on any atom is -0.278 e. The molecule has 0 bridgehead atoms. The fourth-order valence-electron chi connectivity index (χ4n) is 3.07. The van der Waals surface area contributed by atoms with Gasteiger partial charge in [-0.15, -0.1) is 0 Å². The van der Waals surface area contributed by atoms with Crippen LogP contribution in [0, 0.1) is 0 Å². The average Bonchev–Trinajstić information content (AvgIpc) is 3.04. The first kappa shape index (κ1) is 14.3. The second kappa shape index (κ2) is 4.44. The van der Waals surface area contributed by atoms with Crippen LogP contribution in [0.25, 0.3) is 0 Å². The Kier molecular flexibility index (Phi) is 2.89. The molecule has 10 nitrogen and oxygen atoms in total. The summed E-state index contributed by atoms with van der Waals surface area (Å²) in [6.07, 6.45) is -1.59. The normalized spacial score (nSPS) is 25.2. The molecule has 10 heteroatoms. The molecular formula is C12H11N3O7. The molecule has 0 aromatic rings. The fourth-order valence-corrected chi connectivity index (χ4v) is 3.07. The van der Waals surface area contributed by atoms with Crippen molar-refractivity contribution in [2.45, 2.75) is 37.8 Å². The topological polar surface area (TPSA) is 132 Å². The minimum atomic E-state index is -2.40. The predicted molar refractivity (Wildman–Crippen MR) is 63.2 cm³/mol. The zero-order valence-corrected chi connectivity index (χ0v) is 11.3. The Bertz CT molecular complexity index is 587. The van der Waals surface area contributed by atoms with Gasteiger partial charge in [0.1, 0.15) is 0 Å². The highest BCUT2D eigenvalue weighted by Gasteiger charge is 2.66. The molecule has 0 aliphatic carbocycles. The molecule has 0 saturated carbocycles. The molecule has 0 aromatic heterocycles. The predicted octanol–water partition coefficient (Wildman–Crippen LogP) is -1.87. The van der Waals surface area contributed by atoms with E-state index in [1.807, 2.05) is 0 Å². The van der Waals surface area contributed by atoms with Crippen LogP contribution < -0.4 is 0 Å². The lowest BCUT2D eigenvalue weighted by molar-refractivity contribution is -0.186. The number of carbonyl (C=O) groups excluding carboxylic acids is 6. The molecule has 3 fully saturated rings. The van der Waals surface area contributed by atoms with Gasteiger partial charge in [-0.1, -0.05) is 0 Å². The van der Waals surface area contributed by atoms with Crippen LogP contribution in [0.4, 0.5) is 0 Å². The Morgan fingerprint density at radius 3 is 1.32 bits per heavy atom. The number of hydrogen-bond acceptors (Lipinski definition) is 7. The third-order valence-electron chi connectivity index (χ3n) is 4.01. The van der Waals surface area contributed by atoms with E-state index in [4.69, 9.17) is 0 Å². The van der Waals surface area contributed by atoms with Crippen molar-refractivity contribution in [3.8, 4) is 0 Å². The zero-order valence-electron chi connectivity index (χ0n) is 11.3. The smallest absolute Gasteiger partial charge is 0.278 e. The molecule has 1 N–H and O–H groups in total. The van der Waals surface area contributed by atoms with E-state index in [2.05, 4.69) is 0 Å². The summed E-state index contributed by atoms with van der Waals surface area (Å²) in [6, 6.07) is 0. The highest BCUT2D eigenvalue weighted by atomic mass is 16.5. The van der Waals surface area contributed by atoms with Crippen molar-refractivity contribution in [2.24, 2.45) is 0 Å². The number of rotatable bonds is 2. The van der Waals surface area contributed by atoms with E-state index in [1.165, 1.54) is 0 Å². The van der Waals surface area contributed by atoms with Crippen LogP contribution in [0.15, 0.2) is 0 Å². The van der Waals surface area contributed by atoms with Gasteiger partial charge in [0.2, 0.25) is 29.3 Å². The molecule has 0 aromatic carbocycles. The van der Waals surface area contributed by atoms with E-state index in [1.54, 1.807) is 0 Å². The summed E-state index contributed by atoms with van der Waals surface area (Å²) in [6.45, 7) is 0. The summed E-state index contributed by atoms with van der Waals surface area (Å²) in [4.78, 5) is 73.0. The van der Waals surface area contributed by atoms with Crippen molar-refractivity contribution < 1.29 is 34.0 Å². The van der Waals surface area contributed by atoms with E-state index in [9.17, 15) is 34.0 Å². The van der Waals surface area contributed by atoms with Crippen molar-refractivity contribution in [1.82, 2.24) is 14.9 Å². The van der Waals surface area contributed by atoms with Gasteiger partial charge in [0, 0.05) is 25.7 Å². The van der Waals surface area contributed by atoms with Crippen LogP contribution in [-0.4, -0.2) is 61.2 Å². The third-order valence-corrected chi connectivity index (χ3v) is 4.01. The summed E-state index contributed by atoms with van der Waals surface area (Å²) >= 11 is 0. The van der Waals surface area contributed by atoms with Gasteiger partial charge in [-0.2, -0.15) is 5.06 Å². The molecule has 3 aliphatic heterocycles. The van der Waals surface area contributed by atoms with Crippen LogP contribution in [0.2, 0.25) is 0 Å². The highest BCUT2D eigenvalue weighted by molar-refractivity contribution is 6.18. The van der Waals surface area contributed by atoms with Crippen molar-refractivity contribution in [3.63, 3.8) is 0 Å². The Labute approximate surface area is 123 Å². The molecule has 116 valence electrons. The summed E-state index contributed by atoms with van der Waals surface area (Å²) in [5, 5.41) is 9.25. The van der Waals surface area contributed by atoms with Gasteiger partial charge < -0.3 is 0 Å². The maximum atomic E-state index is 12.4. The Morgan fingerprint density at radius 2 is 1.05 bits per heavy atom. The van der Waals surface area contributed by atoms with E-state index >= 15 is 0 Å². The highest BCUT2D eigenvalue weighted by Crippen LogP contribution is 2.39. The van der Waals surface area contributed by atoms with Crippen LogP contribution in [0.5, 0.6) is 0 Å². The van der Waals surface area contributed by atoms with Gasteiger partial charge in [-0.25, -0.2) is 9.80 Å². The zero-order chi connectivity index (χ0) is 16.2. The monoisotopic (exact) mass is 309 g/mol. The Morgan fingerprint density at radius 1 is 0.682 bits per heavy atom. The number of likely N-dealkylation sites (tertiary alicyclic amines) is 2. The number of nitrogens with zero attached hydrogens (tertiary/aromatic N) is 3. The molecule has 0 radical (unpaired) electrons. The third kappa shape index (κ3) is 1.58. The standard InChI is InChI=1S/C12H11N3O7/c16-6-1-2-7(17)13(6)12(5-10(20)15(22)11(12)21)14-8(18)3-4-9(14)19/h22H,1-5H2. The lowest BCUT2D eigenvalue weighted by atomic mass is 10.0. The maximum Gasteiger partial charge on any atom is 0.301 e. The first-order chi connectivity index (χ1) is 10.3. The molecule has 3 saturated heterocycles. The summed E-state index contributed by atoms with van der Waals surface area (Å²) < 4.78 is 0. The SMILES string of the molecule is O=C1CC(N2C(=O)CCC2=O)(N2C(=O)CCC2=O)C(=O)N1O. The minimum absolute atomic E-state index is 0.191. The van der Waals surface area contributed by atoms with Crippen LogP contribution >= 0.6 is 0 Å². The first-order valence-electron chi connectivity index (χ1n) is 6.58. The van der Waals surface area contributed by atoms with Crippen molar-refractivity contribution in [2.75, 3.05) is 0 Å². The first-order valence-corrected chi connectivity index (χ1v) is 6.58. The van der Waals surface area contributed by atoms with Crippen molar-refractivity contribution in [3.05, 3.63) is 0 Å². The Hall–Kier alpha value is -2.62. The molecule has 22 heavy (non-hydrogen) atoms. The maximum absolute atomic E-state index is 12.4. The molecule has 0 unspecified atom stereocenters.